The smallest absolute Gasteiger partial charge is 0.305 e. The van der Waals surface area contributed by atoms with Crippen molar-refractivity contribution in [3.63, 3.8) is 0 Å². The summed E-state index contributed by atoms with van der Waals surface area (Å²) in [6.07, 6.45) is 0.898. The van der Waals surface area contributed by atoms with E-state index in [1.165, 1.54) is 7.11 Å². The molecule has 0 aliphatic rings. The topological polar surface area (TPSA) is 116 Å². The summed E-state index contributed by atoms with van der Waals surface area (Å²) in [6.45, 7) is -0.170. The van der Waals surface area contributed by atoms with E-state index in [0.29, 0.717) is 6.42 Å². The first-order valence-electron chi connectivity index (χ1n) is 6.06. The van der Waals surface area contributed by atoms with Crippen LogP contribution in [0.4, 0.5) is 0 Å². The van der Waals surface area contributed by atoms with Gasteiger partial charge in [0.05, 0.1) is 20.2 Å². The van der Waals surface area contributed by atoms with Crippen molar-refractivity contribution >= 4 is 23.4 Å². The Kier molecular flexibility index (Phi) is 9.25. The van der Waals surface area contributed by atoms with Crippen molar-refractivity contribution < 1.29 is 23.9 Å². The number of methoxy groups -OCH3 is 1. The van der Waals surface area contributed by atoms with Crippen LogP contribution < -0.4 is 11.1 Å². The Morgan fingerprint density at radius 2 is 1.68 bits per heavy atom. The van der Waals surface area contributed by atoms with E-state index in [-0.39, 0.29) is 62.2 Å². The van der Waals surface area contributed by atoms with Gasteiger partial charge in [-0.2, -0.15) is 0 Å². The average Bonchev–Trinajstić information content (AvgIpc) is 2.41. The molecule has 3 N–H and O–H groups in total. The molecule has 0 atom stereocenters. The predicted molar refractivity (Wildman–Crippen MR) is 67.2 cm³/mol. The third kappa shape index (κ3) is 9.90. The molecule has 0 aromatic rings. The number of ketones is 2. The fourth-order valence-electron chi connectivity index (χ4n) is 1.26. The highest BCUT2D eigenvalue weighted by Crippen LogP contribution is 1.98. The van der Waals surface area contributed by atoms with E-state index < -0.39 is 0 Å². The minimum Gasteiger partial charge on any atom is -0.469 e. The molecule has 0 unspecified atom stereocenters. The second-order valence-electron chi connectivity index (χ2n) is 3.99. The lowest BCUT2D eigenvalue weighted by Gasteiger charge is -2.04. The van der Waals surface area contributed by atoms with Crippen LogP contribution in [0.1, 0.15) is 32.1 Å². The van der Waals surface area contributed by atoms with Crippen LogP contribution in [0.2, 0.25) is 0 Å². The SMILES string of the molecule is COC(=O)CCCC(=O)CNC(=O)CCC(=O)CN. The van der Waals surface area contributed by atoms with Crippen LogP contribution in [0, 0.1) is 0 Å². The monoisotopic (exact) mass is 272 g/mol. The maximum Gasteiger partial charge on any atom is 0.305 e. The molecule has 0 aliphatic carbocycles. The summed E-state index contributed by atoms with van der Waals surface area (Å²) in [7, 11) is 1.28. The standard InChI is InChI=1S/C12H20N2O5/c1-19-12(18)4-2-3-10(16)8-14-11(17)6-5-9(15)7-13/h2-8,13H2,1H3,(H,14,17). The van der Waals surface area contributed by atoms with Crippen molar-refractivity contribution in [1.82, 2.24) is 5.32 Å². The van der Waals surface area contributed by atoms with E-state index in [4.69, 9.17) is 5.73 Å². The van der Waals surface area contributed by atoms with Crippen molar-refractivity contribution in [1.29, 1.82) is 0 Å². The lowest BCUT2D eigenvalue weighted by Crippen LogP contribution is -2.30. The normalized spacial score (nSPS) is 9.79. The van der Waals surface area contributed by atoms with Gasteiger partial charge in [0.2, 0.25) is 5.91 Å². The summed E-state index contributed by atoms with van der Waals surface area (Å²) < 4.78 is 4.43. The summed E-state index contributed by atoms with van der Waals surface area (Å²) in [4.78, 5) is 44.3. The average molecular weight is 272 g/mol. The molecule has 0 saturated carbocycles. The molecule has 0 aliphatic heterocycles. The van der Waals surface area contributed by atoms with Gasteiger partial charge in [-0.3, -0.25) is 19.2 Å². The number of rotatable bonds is 10. The summed E-state index contributed by atoms with van der Waals surface area (Å²) in [5.74, 6) is -1.08. The van der Waals surface area contributed by atoms with E-state index in [1.54, 1.807) is 0 Å². The van der Waals surface area contributed by atoms with Crippen molar-refractivity contribution in [3.05, 3.63) is 0 Å². The predicted octanol–water partition coefficient (Wildman–Crippen LogP) is -0.677. The fraction of sp³-hybridized carbons (Fsp3) is 0.667. The fourth-order valence-corrected chi connectivity index (χ4v) is 1.26. The molecule has 108 valence electrons. The van der Waals surface area contributed by atoms with Crippen molar-refractivity contribution in [2.24, 2.45) is 5.73 Å². The minimum absolute atomic E-state index is 0.0332. The third-order valence-electron chi connectivity index (χ3n) is 2.41. The van der Waals surface area contributed by atoms with Gasteiger partial charge in [-0.25, -0.2) is 0 Å². The number of carbonyl (C=O) groups excluding carboxylic acids is 4. The van der Waals surface area contributed by atoms with Gasteiger partial charge in [0.15, 0.2) is 5.78 Å². The lowest BCUT2D eigenvalue weighted by molar-refractivity contribution is -0.140. The minimum atomic E-state index is -0.364. The second-order valence-corrected chi connectivity index (χ2v) is 3.99. The number of nitrogens with two attached hydrogens (primary N) is 1. The zero-order valence-corrected chi connectivity index (χ0v) is 11.1. The molecule has 0 heterocycles. The molecule has 19 heavy (non-hydrogen) atoms. The van der Waals surface area contributed by atoms with Gasteiger partial charge in [0, 0.05) is 25.7 Å². The van der Waals surface area contributed by atoms with Crippen LogP contribution in [0.3, 0.4) is 0 Å². The Labute approximate surface area is 111 Å². The van der Waals surface area contributed by atoms with Gasteiger partial charge >= 0.3 is 5.97 Å². The van der Waals surface area contributed by atoms with Gasteiger partial charge in [-0.1, -0.05) is 0 Å². The van der Waals surface area contributed by atoms with Gasteiger partial charge < -0.3 is 15.8 Å². The Bertz CT molecular complexity index is 341. The Hall–Kier alpha value is -1.76. The molecule has 0 aromatic carbocycles. The molecule has 0 spiro atoms. The quantitative estimate of drug-likeness (QED) is 0.509. The van der Waals surface area contributed by atoms with Gasteiger partial charge in [0.1, 0.15) is 5.78 Å². The molecule has 0 aromatic heterocycles. The number of nitrogens with one attached hydrogen (secondary N) is 1. The van der Waals surface area contributed by atoms with Crippen LogP contribution in [-0.2, 0) is 23.9 Å². The highest BCUT2D eigenvalue weighted by atomic mass is 16.5. The van der Waals surface area contributed by atoms with Gasteiger partial charge in [-0.05, 0) is 6.42 Å². The number of hydrogen-bond donors (Lipinski definition) is 2. The van der Waals surface area contributed by atoms with Gasteiger partial charge in [-0.15, -0.1) is 0 Å². The summed E-state index contributed by atoms with van der Waals surface area (Å²) >= 11 is 0. The molecule has 7 heteroatoms. The molecular weight excluding hydrogens is 252 g/mol. The van der Waals surface area contributed by atoms with Crippen LogP contribution in [0.25, 0.3) is 0 Å². The zero-order chi connectivity index (χ0) is 14.7. The van der Waals surface area contributed by atoms with E-state index in [1.807, 2.05) is 0 Å². The van der Waals surface area contributed by atoms with E-state index in [0.717, 1.165) is 0 Å². The maximum absolute atomic E-state index is 11.4. The third-order valence-corrected chi connectivity index (χ3v) is 2.41. The number of hydrogen-bond acceptors (Lipinski definition) is 6. The first-order chi connectivity index (χ1) is 8.99. The molecule has 0 bridgehead atoms. The maximum atomic E-state index is 11.4. The summed E-state index contributed by atoms with van der Waals surface area (Å²) in [5, 5.41) is 2.42. The van der Waals surface area contributed by atoms with Crippen LogP contribution in [0.15, 0.2) is 0 Å². The lowest BCUT2D eigenvalue weighted by atomic mass is 10.1. The number of carbonyl (C=O) groups is 4. The number of Topliss-reactive ketones (excluding diaryl/α,β-unsaturated/α-hetero) is 2. The second kappa shape index (κ2) is 10.2. The first-order valence-corrected chi connectivity index (χ1v) is 6.06. The molecule has 0 saturated heterocycles. The van der Waals surface area contributed by atoms with Crippen molar-refractivity contribution in [2.75, 3.05) is 20.2 Å². The highest BCUT2D eigenvalue weighted by Gasteiger charge is 2.09. The van der Waals surface area contributed by atoms with Crippen LogP contribution in [-0.4, -0.2) is 43.6 Å². The number of amides is 1. The van der Waals surface area contributed by atoms with Crippen molar-refractivity contribution in [2.45, 2.75) is 32.1 Å². The Morgan fingerprint density at radius 3 is 2.26 bits per heavy atom. The summed E-state index contributed by atoms with van der Waals surface area (Å²) in [5.41, 5.74) is 5.10. The number of ether oxygens (including phenoxy) is 1. The van der Waals surface area contributed by atoms with Gasteiger partial charge in [0.25, 0.3) is 0 Å². The first kappa shape index (κ1) is 17.2. The molecule has 7 nitrogen and oxygen atoms in total. The van der Waals surface area contributed by atoms with Crippen LogP contribution in [0.5, 0.6) is 0 Å². The summed E-state index contributed by atoms with van der Waals surface area (Å²) in [6, 6.07) is 0. The number of esters is 1. The zero-order valence-electron chi connectivity index (χ0n) is 11.1. The Morgan fingerprint density at radius 1 is 1.00 bits per heavy atom. The highest BCUT2D eigenvalue weighted by molar-refractivity contribution is 5.89. The molecule has 0 radical (unpaired) electrons. The molecule has 0 rings (SSSR count). The van der Waals surface area contributed by atoms with Crippen LogP contribution >= 0.6 is 0 Å². The molecule has 0 fully saturated rings. The van der Waals surface area contributed by atoms with E-state index in [2.05, 4.69) is 10.1 Å². The largest absolute Gasteiger partial charge is 0.469 e. The van der Waals surface area contributed by atoms with Crippen molar-refractivity contribution in [3.8, 4) is 0 Å². The van der Waals surface area contributed by atoms with E-state index in [9.17, 15) is 19.2 Å². The van der Waals surface area contributed by atoms with E-state index >= 15 is 0 Å². The molecular formula is C12H20N2O5. The molecule has 1 amide bonds. The Balaban J connectivity index is 3.64.